The molecule has 1 saturated carbocycles. The predicted octanol–water partition coefficient (Wildman–Crippen LogP) is 3.49. The van der Waals surface area contributed by atoms with E-state index in [0.29, 0.717) is 18.1 Å². The van der Waals surface area contributed by atoms with Gasteiger partial charge in [-0.15, -0.1) is 11.3 Å². The first-order valence-corrected chi connectivity index (χ1v) is 9.14. The lowest BCUT2D eigenvalue weighted by Gasteiger charge is -2.19. The number of carbonyl (C=O) groups is 1. The average molecular weight is 349 g/mol. The van der Waals surface area contributed by atoms with Gasteiger partial charge in [-0.25, -0.2) is 9.78 Å². The van der Waals surface area contributed by atoms with E-state index < -0.39 is 6.10 Å². The number of nitrogens with zero attached hydrogens (tertiary/aromatic N) is 1. The van der Waals surface area contributed by atoms with E-state index >= 15 is 0 Å². The maximum Gasteiger partial charge on any atom is 0.315 e. The molecule has 0 unspecified atom stereocenters. The number of carbonyl (C=O) groups excluding carboxylic acids is 1. The summed E-state index contributed by atoms with van der Waals surface area (Å²) >= 11 is 1.67. The quantitative estimate of drug-likeness (QED) is 0.714. The first-order valence-electron chi connectivity index (χ1n) is 8.26. The molecule has 2 amide bonds. The third kappa shape index (κ3) is 4.36. The summed E-state index contributed by atoms with van der Waals surface area (Å²) in [6.07, 6.45) is 3.63. The normalized spacial score (nSPS) is 18.0. The minimum absolute atomic E-state index is 0.143. The Morgan fingerprint density at radius 1 is 1.46 bits per heavy atom. The SMILES string of the molecule is C[C@H](C[C@@H](O)c1ccco1)NC(=O)N[C@H](C)c1csc(C2CC2)n1. The molecule has 1 aliphatic rings. The molecule has 130 valence electrons. The molecule has 0 aromatic carbocycles. The molecule has 0 spiro atoms. The van der Waals surface area contributed by atoms with Gasteiger partial charge in [-0.3, -0.25) is 0 Å². The van der Waals surface area contributed by atoms with Gasteiger partial charge in [-0.05, 0) is 38.8 Å². The largest absolute Gasteiger partial charge is 0.467 e. The molecule has 6 nitrogen and oxygen atoms in total. The van der Waals surface area contributed by atoms with E-state index in [9.17, 15) is 9.90 Å². The first-order chi connectivity index (χ1) is 11.5. The number of thiazole rings is 1. The van der Waals surface area contributed by atoms with Gasteiger partial charge in [0.1, 0.15) is 11.9 Å². The highest BCUT2D eigenvalue weighted by atomic mass is 32.1. The fourth-order valence-corrected chi connectivity index (χ4v) is 3.63. The van der Waals surface area contributed by atoms with Crippen molar-refractivity contribution in [1.82, 2.24) is 15.6 Å². The molecule has 0 radical (unpaired) electrons. The molecule has 2 heterocycles. The van der Waals surface area contributed by atoms with Crippen LogP contribution in [0.25, 0.3) is 0 Å². The number of nitrogens with one attached hydrogen (secondary N) is 2. The van der Waals surface area contributed by atoms with Crippen LogP contribution in [-0.4, -0.2) is 22.2 Å². The Labute approximate surface area is 145 Å². The fourth-order valence-electron chi connectivity index (χ4n) is 2.54. The fraction of sp³-hybridized carbons (Fsp3) is 0.529. The van der Waals surface area contributed by atoms with E-state index in [1.165, 1.54) is 24.1 Å². The van der Waals surface area contributed by atoms with Crippen molar-refractivity contribution in [3.63, 3.8) is 0 Å². The van der Waals surface area contributed by atoms with E-state index in [2.05, 4.69) is 15.6 Å². The smallest absolute Gasteiger partial charge is 0.315 e. The summed E-state index contributed by atoms with van der Waals surface area (Å²) in [4.78, 5) is 16.7. The van der Waals surface area contributed by atoms with Crippen LogP contribution in [0.2, 0.25) is 0 Å². The van der Waals surface area contributed by atoms with E-state index in [-0.39, 0.29) is 18.1 Å². The zero-order valence-electron chi connectivity index (χ0n) is 13.9. The first kappa shape index (κ1) is 17.0. The molecular weight excluding hydrogens is 326 g/mol. The highest BCUT2D eigenvalue weighted by molar-refractivity contribution is 7.09. The Bertz CT molecular complexity index is 666. The van der Waals surface area contributed by atoms with Crippen molar-refractivity contribution in [2.75, 3.05) is 0 Å². The second-order valence-electron chi connectivity index (χ2n) is 6.39. The van der Waals surface area contributed by atoms with Gasteiger partial charge in [-0.1, -0.05) is 0 Å². The van der Waals surface area contributed by atoms with Crippen molar-refractivity contribution in [2.45, 2.75) is 57.2 Å². The van der Waals surface area contributed by atoms with E-state index in [1.54, 1.807) is 23.5 Å². The molecule has 7 heteroatoms. The lowest BCUT2D eigenvalue weighted by Crippen LogP contribution is -2.42. The van der Waals surface area contributed by atoms with Crippen LogP contribution in [0.5, 0.6) is 0 Å². The summed E-state index contributed by atoms with van der Waals surface area (Å²) in [7, 11) is 0. The molecule has 2 aromatic rings. The molecular formula is C17H23N3O3S. The topological polar surface area (TPSA) is 87.4 Å². The molecule has 0 bridgehead atoms. The predicted molar refractivity (Wildman–Crippen MR) is 91.9 cm³/mol. The molecule has 3 rings (SSSR count). The Hall–Kier alpha value is -1.86. The van der Waals surface area contributed by atoms with Crippen molar-refractivity contribution < 1.29 is 14.3 Å². The Balaban J connectivity index is 1.45. The van der Waals surface area contributed by atoms with Crippen molar-refractivity contribution in [3.8, 4) is 0 Å². The number of furan rings is 1. The summed E-state index contributed by atoms with van der Waals surface area (Å²) in [6.45, 7) is 3.78. The number of aromatic nitrogens is 1. The molecule has 2 aromatic heterocycles. The number of rotatable bonds is 7. The van der Waals surface area contributed by atoms with E-state index in [4.69, 9.17) is 4.42 Å². The van der Waals surface area contributed by atoms with Crippen molar-refractivity contribution in [3.05, 3.63) is 40.2 Å². The van der Waals surface area contributed by atoms with Gasteiger partial charge in [-0.2, -0.15) is 0 Å². The van der Waals surface area contributed by atoms with Crippen molar-refractivity contribution in [1.29, 1.82) is 0 Å². The maximum atomic E-state index is 12.1. The summed E-state index contributed by atoms with van der Waals surface area (Å²) in [5.74, 6) is 1.14. The van der Waals surface area contributed by atoms with E-state index in [1.807, 2.05) is 19.2 Å². The Morgan fingerprint density at radius 3 is 2.92 bits per heavy atom. The summed E-state index contributed by atoms with van der Waals surface area (Å²) in [6, 6.07) is 2.86. The van der Waals surface area contributed by atoms with Gasteiger partial charge in [0.25, 0.3) is 0 Å². The van der Waals surface area contributed by atoms with Crippen LogP contribution in [0.3, 0.4) is 0 Å². The van der Waals surface area contributed by atoms with Gasteiger partial charge >= 0.3 is 6.03 Å². The minimum Gasteiger partial charge on any atom is -0.467 e. The Kier molecular flexibility index (Phi) is 5.20. The number of amides is 2. The highest BCUT2D eigenvalue weighted by Gasteiger charge is 2.27. The Morgan fingerprint density at radius 2 is 2.25 bits per heavy atom. The molecule has 24 heavy (non-hydrogen) atoms. The van der Waals surface area contributed by atoms with Crippen molar-refractivity contribution >= 4 is 17.4 Å². The number of aliphatic hydroxyl groups is 1. The third-order valence-electron chi connectivity index (χ3n) is 4.08. The van der Waals surface area contributed by atoms with E-state index in [0.717, 1.165) is 5.69 Å². The zero-order chi connectivity index (χ0) is 17.1. The van der Waals surface area contributed by atoms with Gasteiger partial charge in [0.2, 0.25) is 0 Å². The summed E-state index contributed by atoms with van der Waals surface area (Å²) in [5.41, 5.74) is 0.903. The zero-order valence-corrected chi connectivity index (χ0v) is 14.7. The van der Waals surface area contributed by atoms with Crippen LogP contribution in [0.4, 0.5) is 4.79 Å². The van der Waals surface area contributed by atoms with Crippen molar-refractivity contribution in [2.24, 2.45) is 0 Å². The third-order valence-corrected chi connectivity index (χ3v) is 5.11. The van der Waals surface area contributed by atoms with Gasteiger partial charge in [0, 0.05) is 23.8 Å². The summed E-state index contributed by atoms with van der Waals surface area (Å²) < 4.78 is 5.16. The van der Waals surface area contributed by atoms with Gasteiger partial charge < -0.3 is 20.2 Å². The summed E-state index contributed by atoms with van der Waals surface area (Å²) in [5, 5.41) is 19.0. The van der Waals surface area contributed by atoms with Crippen LogP contribution < -0.4 is 10.6 Å². The molecule has 0 saturated heterocycles. The monoisotopic (exact) mass is 349 g/mol. The van der Waals surface area contributed by atoms with Gasteiger partial charge in [0.05, 0.1) is 23.0 Å². The number of hydrogen-bond donors (Lipinski definition) is 3. The average Bonchev–Trinajstić information content (AvgIpc) is 3.04. The molecule has 1 fully saturated rings. The minimum atomic E-state index is -0.729. The molecule has 1 aliphatic carbocycles. The van der Waals surface area contributed by atoms with Crippen LogP contribution in [0, 0.1) is 0 Å². The number of aliphatic hydroxyl groups excluding tert-OH is 1. The second-order valence-corrected chi connectivity index (χ2v) is 7.28. The molecule has 3 atom stereocenters. The van der Waals surface area contributed by atoms with Crippen LogP contribution >= 0.6 is 11.3 Å². The van der Waals surface area contributed by atoms with Crippen LogP contribution in [0.15, 0.2) is 28.2 Å². The standard InChI is InChI=1S/C17H23N3O3S/c1-10(8-14(21)15-4-3-7-23-15)18-17(22)19-11(2)13-9-24-16(20-13)12-5-6-12/h3-4,7,9-12,14,21H,5-6,8H2,1-2H3,(H2,18,19,22)/t10-,11-,14-/m1/s1. The lowest BCUT2D eigenvalue weighted by molar-refractivity contribution is 0.129. The highest BCUT2D eigenvalue weighted by Crippen LogP contribution is 2.41. The molecule has 3 N–H and O–H groups in total. The lowest BCUT2D eigenvalue weighted by atomic mass is 10.1. The van der Waals surface area contributed by atoms with Crippen LogP contribution in [0.1, 0.15) is 67.6 Å². The van der Waals surface area contributed by atoms with Crippen LogP contribution in [-0.2, 0) is 0 Å². The number of urea groups is 1. The van der Waals surface area contributed by atoms with Gasteiger partial charge in [0.15, 0.2) is 0 Å². The second kappa shape index (κ2) is 7.36. The number of hydrogen-bond acceptors (Lipinski definition) is 5. The maximum absolute atomic E-state index is 12.1. The molecule has 0 aliphatic heterocycles.